The second-order valence-electron chi connectivity index (χ2n) is 4.14. The summed E-state index contributed by atoms with van der Waals surface area (Å²) in [7, 11) is 3.16. The van der Waals surface area contributed by atoms with Crippen molar-refractivity contribution in [2.75, 3.05) is 0 Å². The van der Waals surface area contributed by atoms with Gasteiger partial charge in [-0.15, -0.1) is 0 Å². The predicted molar refractivity (Wildman–Crippen MR) is 63.6 cm³/mol. The molecule has 0 saturated carbocycles. The van der Waals surface area contributed by atoms with Crippen LogP contribution >= 0.6 is 0 Å². The Morgan fingerprint density at radius 1 is 1.25 bits per heavy atom. The molecule has 0 aliphatic carbocycles. The van der Waals surface area contributed by atoms with Crippen LogP contribution in [0, 0.1) is 6.92 Å². The van der Waals surface area contributed by atoms with Crippen molar-refractivity contribution in [3.05, 3.63) is 32.1 Å². The molecule has 0 aliphatic heterocycles. The molecule has 0 bridgehead atoms. The fourth-order valence-electron chi connectivity index (χ4n) is 1.66. The third kappa shape index (κ3) is 2.09. The summed E-state index contributed by atoms with van der Waals surface area (Å²) in [6.07, 6.45) is 1.33. The molecule has 0 amide bonds. The Morgan fingerprint density at radius 3 is 2.31 bits per heavy atom. The van der Waals surface area contributed by atoms with E-state index < -0.39 is 0 Å². The van der Waals surface area contributed by atoms with E-state index in [0.717, 1.165) is 11.0 Å². The molecule has 1 aromatic rings. The van der Waals surface area contributed by atoms with E-state index in [-0.39, 0.29) is 17.3 Å². The van der Waals surface area contributed by atoms with Crippen molar-refractivity contribution < 1.29 is 0 Å². The van der Waals surface area contributed by atoms with Crippen LogP contribution < -0.4 is 17.0 Å². The average Bonchev–Trinajstić information content (AvgIpc) is 2.29. The van der Waals surface area contributed by atoms with Crippen molar-refractivity contribution in [2.45, 2.75) is 32.7 Å². The van der Waals surface area contributed by atoms with Gasteiger partial charge in [-0.1, -0.05) is 6.92 Å². The maximum absolute atomic E-state index is 11.9. The van der Waals surface area contributed by atoms with Crippen molar-refractivity contribution in [3.63, 3.8) is 0 Å². The number of nitrogens with two attached hydrogens (primary N) is 1. The van der Waals surface area contributed by atoms with E-state index in [0.29, 0.717) is 17.7 Å². The van der Waals surface area contributed by atoms with Crippen molar-refractivity contribution in [1.82, 2.24) is 9.13 Å². The number of nitrogens with zero attached hydrogens (tertiary/aromatic N) is 2. The van der Waals surface area contributed by atoms with Crippen molar-refractivity contribution in [1.29, 1.82) is 0 Å². The first-order valence-corrected chi connectivity index (χ1v) is 5.41. The van der Waals surface area contributed by atoms with E-state index in [9.17, 15) is 9.59 Å². The lowest BCUT2D eigenvalue weighted by atomic mass is 10.0. The normalized spacial score (nSPS) is 12.8. The van der Waals surface area contributed by atoms with E-state index in [4.69, 9.17) is 5.73 Å². The monoisotopic (exact) mass is 225 g/mol. The smallest absolute Gasteiger partial charge is 0.327 e. The molecular weight excluding hydrogens is 206 g/mol. The molecule has 0 aromatic carbocycles. The Hall–Kier alpha value is -1.36. The number of aromatic nitrogens is 2. The van der Waals surface area contributed by atoms with Gasteiger partial charge < -0.3 is 10.3 Å². The summed E-state index contributed by atoms with van der Waals surface area (Å²) >= 11 is 0. The number of rotatable bonds is 3. The summed E-state index contributed by atoms with van der Waals surface area (Å²) in [5.74, 6) is 0. The maximum atomic E-state index is 11.9. The third-order valence-electron chi connectivity index (χ3n) is 3.07. The van der Waals surface area contributed by atoms with Gasteiger partial charge in [0.1, 0.15) is 0 Å². The molecular formula is C11H19N3O2. The molecule has 0 aliphatic rings. The van der Waals surface area contributed by atoms with Gasteiger partial charge in [0, 0.05) is 31.4 Å². The van der Waals surface area contributed by atoms with Gasteiger partial charge in [-0.3, -0.25) is 9.36 Å². The molecule has 1 rings (SSSR count). The first kappa shape index (κ1) is 12.7. The molecule has 0 radical (unpaired) electrons. The first-order chi connectivity index (χ1) is 7.40. The van der Waals surface area contributed by atoms with Crippen LogP contribution in [0.5, 0.6) is 0 Å². The zero-order chi connectivity index (χ0) is 12.5. The van der Waals surface area contributed by atoms with Crippen LogP contribution in [0.4, 0.5) is 0 Å². The second kappa shape index (κ2) is 4.65. The zero-order valence-corrected chi connectivity index (χ0v) is 10.3. The van der Waals surface area contributed by atoms with Gasteiger partial charge in [-0.05, 0) is 19.8 Å². The Kier molecular flexibility index (Phi) is 3.70. The van der Waals surface area contributed by atoms with Gasteiger partial charge in [-0.25, -0.2) is 4.79 Å². The molecule has 1 heterocycles. The van der Waals surface area contributed by atoms with Crippen LogP contribution in [-0.2, 0) is 20.5 Å². The molecule has 5 heteroatoms. The van der Waals surface area contributed by atoms with Gasteiger partial charge >= 0.3 is 5.69 Å². The minimum absolute atomic E-state index is 0.0381. The van der Waals surface area contributed by atoms with Gasteiger partial charge in [0.25, 0.3) is 5.56 Å². The van der Waals surface area contributed by atoms with E-state index in [1.165, 1.54) is 11.6 Å². The molecule has 0 fully saturated rings. The number of hydrogen-bond donors (Lipinski definition) is 1. The lowest BCUT2D eigenvalue weighted by molar-refractivity contribution is 0.600. The van der Waals surface area contributed by atoms with Gasteiger partial charge in [0.2, 0.25) is 0 Å². The van der Waals surface area contributed by atoms with Gasteiger partial charge in [0.15, 0.2) is 0 Å². The summed E-state index contributed by atoms with van der Waals surface area (Å²) in [5, 5.41) is 0. The summed E-state index contributed by atoms with van der Waals surface area (Å²) in [5.41, 5.74) is 6.66. The largest absolute Gasteiger partial charge is 0.330 e. The average molecular weight is 225 g/mol. The van der Waals surface area contributed by atoms with Crippen molar-refractivity contribution >= 4 is 0 Å². The summed E-state index contributed by atoms with van der Waals surface area (Å²) < 4.78 is 2.61. The van der Waals surface area contributed by atoms with Crippen molar-refractivity contribution in [3.8, 4) is 0 Å². The van der Waals surface area contributed by atoms with E-state index in [2.05, 4.69) is 0 Å². The molecule has 0 saturated heterocycles. The minimum atomic E-state index is -0.295. The highest BCUT2D eigenvalue weighted by Crippen LogP contribution is 2.03. The molecule has 0 spiro atoms. The van der Waals surface area contributed by atoms with Crippen LogP contribution in [0.2, 0.25) is 0 Å². The fourth-order valence-corrected chi connectivity index (χ4v) is 1.66. The van der Waals surface area contributed by atoms with Crippen LogP contribution in [-0.4, -0.2) is 15.2 Å². The molecule has 1 atom stereocenters. The topological polar surface area (TPSA) is 70.0 Å². The van der Waals surface area contributed by atoms with Crippen LogP contribution in [0.15, 0.2) is 9.59 Å². The zero-order valence-electron chi connectivity index (χ0n) is 10.3. The second-order valence-corrected chi connectivity index (χ2v) is 4.14. The van der Waals surface area contributed by atoms with Crippen LogP contribution in [0.3, 0.4) is 0 Å². The predicted octanol–water partition coefficient (Wildman–Crippen LogP) is -0.328. The van der Waals surface area contributed by atoms with Crippen LogP contribution in [0.1, 0.15) is 24.6 Å². The highest BCUT2D eigenvalue weighted by molar-refractivity contribution is 5.17. The lowest BCUT2D eigenvalue weighted by Gasteiger charge is -2.14. The fraction of sp³-hybridized carbons (Fsp3) is 0.636. The maximum Gasteiger partial charge on any atom is 0.330 e. The highest BCUT2D eigenvalue weighted by Gasteiger charge is 2.14. The van der Waals surface area contributed by atoms with E-state index in [1.54, 1.807) is 14.0 Å². The Bertz CT molecular complexity index is 499. The standard InChI is InChI=1S/C11H19N3O2/c1-5-8(12)6-9-7(2)13(3)11(16)14(4)10(9)15/h8H,5-6,12H2,1-4H3. The molecule has 1 aromatic heterocycles. The quantitative estimate of drug-likeness (QED) is 0.766. The van der Waals surface area contributed by atoms with E-state index in [1.807, 2.05) is 6.92 Å². The molecule has 2 N–H and O–H groups in total. The Labute approximate surface area is 94.5 Å². The minimum Gasteiger partial charge on any atom is -0.327 e. The Morgan fingerprint density at radius 2 is 1.81 bits per heavy atom. The molecule has 16 heavy (non-hydrogen) atoms. The molecule has 90 valence electrons. The summed E-state index contributed by atoms with van der Waals surface area (Å²) in [4.78, 5) is 23.5. The summed E-state index contributed by atoms with van der Waals surface area (Å²) in [6.45, 7) is 3.76. The first-order valence-electron chi connectivity index (χ1n) is 5.41. The van der Waals surface area contributed by atoms with Crippen molar-refractivity contribution in [2.24, 2.45) is 19.8 Å². The molecule has 1 unspecified atom stereocenters. The summed E-state index contributed by atoms with van der Waals surface area (Å²) in [6, 6.07) is -0.0381. The highest BCUT2D eigenvalue weighted by atomic mass is 16.2. The Balaban J connectivity index is 3.41. The number of hydrogen-bond acceptors (Lipinski definition) is 3. The SMILES string of the molecule is CCC(N)Cc1c(C)n(C)c(=O)n(C)c1=O. The molecule has 5 nitrogen and oxygen atoms in total. The lowest BCUT2D eigenvalue weighted by Crippen LogP contribution is -2.41. The van der Waals surface area contributed by atoms with Gasteiger partial charge in [0.05, 0.1) is 0 Å². The van der Waals surface area contributed by atoms with Gasteiger partial charge in [-0.2, -0.15) is 0 Å². The van der Waals surface area contributed by atoms with E-state index >= 15 is 0 Å². The third-order valence-corrected chi connectivity index (χ3v) is 3.07. The van der Waals surface area contributed by atoms with Crippen LogP contribution in [0.25, 0.3) is 0 Å².